The first-order valence-electron chi connectivity index (χ1n) is 5.64. The van der Waals surface area contributed by atoms with Crippen molar-refractivity contribution in [3.8, 4) is 11.5 Å². The number of benzene rings is 2. The van der Waals surface area contributed by atoms with Crippen LogP contribution in [0.2, 0.25) is 0 Å². The van der Waals surface area contributed by atoms with Gasteiger partial charge < -0.3 is 10.5 Å². The van der Waals surface area contributed by atoms with Crippen LogP contribution in [-0.4, -0.2) is 6.26 Å². The van der Waals surface area contributed by atoms with E-state index in [1.54, 1.807) is 12.1 Å². The minimum atomic E-state index is -0.753. The molecule has 0 fully saturated rings. The van der Waals surface area contributed by atoms with Crippen LogP contribution in [0.5, 0.6) is 11.5 Å². The van der Waals surface area contributed by atoms with E-state index in [0.717, 1.165) is 4.90 Å². The number of rotatable bonds is 4. The van der Waals surface area contributed by atoms with Gasteiger partial charge in [-0.05, 0) is 36.1 Å². The van der Waals surface area contributed by atoms with Gasteiger partial charge in [0.1, 0.15) is 5.75 Å². The molecule has 2 nitrogen and oxygen atoms in total. The van der Waals surface area contributed by atoms with Gasteiger partial charge in [-0.25, -0.2) is 8.78 Å². The van der Waals surface area contributed by atoms with Crippen molar-refractivity contribution in [1.82, 2.24) is 0 Å². The highest BCUT2D eigenvalue weighted by molar-refractivity contribution is 7.98. The molecule has 0 radical (unpaired) electrons. The summed E-state index contributed by atoms with van der Waals surface area (Å²) in [6, 6.07) is 9.44. The zero-order valence-corrected chi connectivity index (χ0v) is 11.1. The summed E-state index contributed by atoms with van der Waals surface area (Å²) in [4.78, 5) is 0.809. The van der Waals surface area contributed by atoms with E-state index in [-0.39, 0.29) is 6.54 Å². The molecule has 0 amide bonds. The summed E-state index contributed by atoms with van der Waals surface area (Å²) < 4.78 is 32.9. The van der Waals surface area contributed by atoms with Gasteiger partial charge in [-0.2, -0.15) is 0 Å². The second-order valence-corrected chi connectivity index (χ2v) is 4.69. The molecule has 100 valence electrons. The summed E-state index contributed by atoms with van der Waals surface area (Å²) in [6.07, 6.45) is 1.87. The third kappa shape index (κ3) is 3.05. The maximum atomic E-state index is 13.8. The number of hydrogen-bond acceptors (Lipinski definition) is 3. The molecule has 0 heterocycles. The Balaban J connectivity index is 2.38. The molecule has 2 rings (SSSR count). The molecule has 0 saturated carbocycles. The van der Waals surface area contributed by atoms with E-state index in [4.69, 9.17) is 10.5 Å². The molecule has 19 heavy (non-hydrogen) atoms. The first-order chi connectivity index (χ1) is 9.15. The van der Waals surface area contributed by atoms with E-state index in [1.165, 1.54) is 23.9 Å². The largest absolute Gasteiger partial charge is 0.450 e. The lowest BCUT2D eigenvalue weighted by Crippen LogP contribution is -2.00. The molecule has 0 spiro atoms. The highest BCUT2D eigenvalue weighted by atomic mass is 32.2. The van der Waals surface area contributed by atoms with Crippen LogP contribution in [0.3, 0.4) is 0 Å². The third-order valence-corrected chi connectivity index (χ3v) is 3.35. The zero-order chi connectivity index (χ0) is 13.8. The Morgan fingerprint density at radius 3 is 2.37 bits per heavy atom. The fraction of sp³-hybridized carbons (Fsp3) is 0.143. The average molecular weight is 281 g/mol. The molecular weight excluding hydrogens is 268 g/mol. The highest BCUT2D eigenvalue weighted by Crippen LogP contribution is 2.34. The Labute approximate surface area is 114 Å². The van der Waals surface area contributed by atoms with Crippen molar-refractivity contribution in [2.24, 2.45) is 5.73 Å². The Morgan fingerprint density at radius 2 is 1.79 bits per heavy atom. The van der Waals surface area contributed by atoms with Crippen LogP contribution in [-0.2, 0) is 6.54 Å². The molecule has 0 aromatic heterocycles. The van der Waals surface area contributed by atoms with Crippen LogP contribution in [0, 0.1) is 11.6 Å². The van der Waals surface area contributed by atoms with Crippen molar-refractivity contribution >= 4 is 11.8 Å². The van der Waals surface area contributed by atoms with Crippen LogP contribution in [0.25, 0.3) is 0 Å². The van der Waals surface area contributed by atoms with Crippen LogP contribution in [0.1, 0.15) is 5.56 Å². The second kappa shape index (κ2) is 6.04. The quantitative estimate of drug-likeness (QED) is 0.862. The molecule has 0 aliphatic rings. The van der Waals surface area contributed by atoms with Crippen molar-refractivity contribution in [2.75, 3.05) is 6.26 Å². The number of para-hydroxylation sites is 1. The maximum Gasteiger partial charge on any atom is 0.198 e. The van der Waals surface area contributed by atoms with Crippen molar-refractivity contribution in [1.29, 1.82) is 0 Å². The van der Waals surface area contributed by atoms with Gasteiger partial charge >= 0.3 is 0 Å². The van der Waals surface area contributed by atoms with Gasteiger partial charge in [0, 0.05) is 11.4 Å². The van der Waals surface area contributed by atoms with Gasteiger partial charge in [-0.3, -0.25) is 0 Å². The van der Waals surface area contributed by atoms with Gasteiger partial charge in [-0.1, -0.05) is 12.1 Å². The normalized spacial score (nSPS) is 10.5. The van der Waals surface area contributed by atoms with E-state index in [0.29, 0.717) is 11.3 Å². The predicted molar refractivity (Wildman–Crippen MR) is 72.5 cm³/mol. The summed E-state index contributed by atoms with van der Waals surface area (Å²) in [6.45, 7) is 0.0789. The Morgan fingerprint density at radius 1 is 1.16 bits per heavy atom. The number of halogens is 2. The van der Waals surface area contributed by atoms with E-state index in [9.17, 15) is 8.78 Å². The van der Waals surface area contributed by atoms with E-state index in [1.807, 2.05) is 18.4 Å². The van der Waals surface area contributed by atoms with Gasteiger partial charge in [0.15, 0.2) is 17.4 Å². The Kier molecular flexibility index (Phi) is 4.39. The summed E-state index contributed by atoms with van der Waals surface area (Å²) in [5.41, 5.74) is 5.75. The summed E-state index contributed by atoms with van der Waals surface area (Å²) in [5, 5.41) is 0. The molecule has 0 aliphatic carbocycles. The topological polar surface area (TPSA) is 35.2 Å². The second-order valence-electron chi connectivity index (χ2n) is 3.85. The molecule has 0 saturated heterocycles. The van der Waals surface area contributed by atoms with Crippen LogP contribution in [0.4, 0.5) is 8.78 Å². The van der Waals surface area contributed by atoms with Gasteiger partial charge in [0.25, 0.3) is 0 Å². The monoisotopic (exact) mass is 281 g/mol. The average Bonchev–Trinajstić information content (AvgIpc) is 2.43. The first kappa shape index (κ1) is 13.8. The fourth-order valence-corrected chi connectivity index (χ4v) is 2.17. The SMILES string of the molecule is CSc1ccccc1Oc1c(F)cc(CN)cc1F. The van der Waals surface area contributed by atoms with Gasteiger partial charge in [0.2, 0.25) is 0 Å². The lowest BCUT2D eigenvalue weighted by molar-refractivity contribution is 0.400. The van der Waals surface area contributed by atoms with Crippen LogP contribution < -0.4 is 10.5 Å². The summed E-state index contributed by atoms with van der Waals surface area (Å²) >= 11 is 1.44. The summed E-state index contributed by atoms with van der Waals surface area (Å²) in [7, 11) is 0. The summed E-state index contributed by atoms with van der Waals surface area (Å²) in [5.74, 6) is -1.49. The smallest absolute Gasteiger partial charge is 0.198 e. The standard InChI is InChI=1S/C14H13F2NOS/c1-19-13-5-3-2-4-12(13)18-14-10(15)6-9(8-17)7-11(14)16/h2-7H,8,17H2,1H3. The molecule has 0 aliphatic heterocycles. The van der Waals surface area contributed by atoms with Crippen molar-refractivity contribution in [2.45, 2.75) is 11.4 Å². The number of ether oxygens (including phenoxy) is 1. The van der Waals surface area contributed by atoms with Gasteiger partial charge in [0.05, 0.1) is 0 Å². The minimum Gasteiger partial charge on any atom is -0.450 e. The maximum absolute atomic E-state index is 13.8. The third-order valence-electron chi connectivity index (χ3n) is 2.57. The lowest BCUT2D eigenvalue weighted by Gasteiger charge is -2.11. The Bertz CT molecular complexity index is 566. The zero-order valence-electron chi connectivity index (χ0n) is 10.3. The van der Waals surface area contributed by atoms with Crippen LogP contribution >= 0.6 is 11.8 Å². The molecule has 2 N–H and O–H groups in total. The van der Waals surface area contributed by atoms with Crippen LogP contribution in [0.15, 0.2) is 41.3 Å². The predicted octanol–water partition coefficient (Wildman–Crippen LogP) is 3.94. The van der Waals surface area contributed by atoms with E-state index < -0.39 is 17.4 Å². The molecular formula is C14H13F2NOS. The van der Waals surface area contributed by atoms with Crippen molar-refractivity contribution in [3.05, 3.63) is 53.6 Å². The van der Waals surface area contributed by atoms with Gasteiger partial charge in [-0.15, -0.1) is 11.8 Å². The van der Waals surface area contributed by atoms with Crippen molar-refractivity contribution < 1.29 is 13.5 Å². The van der Waals surface area contributed by atoms with Crippen molar-refractivity contribution in [3.63, 3.8) is 0 Å². The molecule has 0 unspecified atom stereocenters. The number of thioether (sulfide) groups is 1. The van der Waals surface area contributed by atoms with E-state index >= 15 is 0 Å². The Hall–Kier alpha value is -1.59. The number of hydrogen-bond donors (Lipinski definition) is 1. The molecule has 2 aromatic carbocycles. The minimum absolute atomic E-state index is 0.0789. The highest BCUT2D eigenvalue weighted by Gasteiger charge is 2.14. The first-order valence-corrected chi connectivity index (χ1v) is 6.87. The lowest BCUT2D eigenvalue weighted by atomic mass is 10.2. The fourth-order valence-electron chi connectivity index (χ4n) is 1.64. The number of nitrogens with two attached hydrogens (primary N) is 1. The molecule has 0 bridgehead atoms. The molecule has 2 aromatic rings. The molecule has 0 atom stereocenters. The molecule has 5 heteroatoms. The van der Waals surface area contributed by atoms with E-state index in [2.05, 4.69) is 0 Å².